The van der Waals surface area contributed by atoms with E-state index in [0.717, 1.165) is 13.2 Å². The predicted molar refractivity (Wildman–Crippen MR) is 157 cm³/mol. The summed E-state index contributed by atoms with van der Waals surface area (Å²) in [5.74, 6) is 3.00. The number of ether oxygens (including phenoxy) is 3. The number of hydrogen-bond donors (Lipinski definition) is 0. The summed E-state index contributed by atoms with van der Waals surface area (Å²) < 4.78 is 17.1. The molecule has 5 aliphatic heterocycles. The van der Waals surface area contributed by atoms with E-state index < -0.39 is 5.72 Å². The average molecular weight is 596 g/mol. The van der Waals surface area contributed by atoms with Crippen molar-refractivity contribution >= 4 is 17.7 Å². The largest absolute Gasteiger partial charge is 0.354 e. The molecule has 7 atom stereocenters. The highest BCUT2D eigenvalue weighted by atomic mass is 16.5. The number of carbonyl (C=O) groups is 3. The van der Waals surface area contributed by atoms with Crippen molar-refractivity contribution in [2.45, 2.75) is 129 Å². The van der Waals surface area contributed by atoms with Crippen molar-refractivity contribution in [1.29, 1.82) is 0 Å². The maximum atomic E-state index is 12.1. The number of amides is 3. The summed E-state index contributed by atoms with van der Waals surface area (Å²) in [7, 11) is 0. The van der Waals surface area contributed by atoms with Crippen LogP contribution in [0.3, 0.4) is 0 Å². The van der Waals surface area contributed by atoms with E-state index in [-0.39, 0.29) is 23.4 Å². The first-order valence-electron chi connectivity index (χ1n) is 16.8. The van der Waals surface area contributed by atoms with E-state index in [1.807, 2.05) is 63.2 Å². The minimum absolute atomic E-state index is 0.157. The van der Waals surface area contributed by atoms with Crippen molar-refractivity contribution < 1.29 is 28.6 Å². The monoisotopic (exact) mass is 595 g/mol. The molecule has 5 saturated heterocycles. The molecule has 0 radical (unpaired) electrons. The summed E-state index contributed by atoms with van der Waals surface area (Å²) in [6, 6.07) is 0.972. The summed E-state index contributed by atoms with van der Waals surface area (Å²) in [6.07, 6.45) is 10.3. The Labute approximate surface area is 255 Å². The second kappa shape index (κ2) is 8.64. The number of nitrogens with zero attached hydrogens (tertiary/aromatic N) is 3. The van der Waals surface area contributed by atoms with Gasteiger partial charge in [0.25, 0.3) is 0 Å². The normalized spacial score (nSPS) is 42.0. The third-order valence-electron chi connectivity index (χ3n) is 12.7. The van der Waals surface area contributed by atoms with Gasteiger partial charge in [-0.2, -0.15) is 0 Å². The van der Waals surface area contributed by atoms with Crippen LogP contribution in [0.2, 0.25) is 0 Å². The number of piperidine rings is 2. The Kier molecular flexibility index (Phi) is 5.72. The topological polar surface area (TPSA) is 88.6 Å². The maximum Gasteiger partial charge on any atom is 0.229 e. The minimum atomic E-state index is -0.441. The van der Waals surface area contributed by atoms with Gasteiger partial charge in [-0.15, -0.1) is 0 Å². The van der Waals surface area contributed by atoms with E-state index in [4.69, 9.17) is 14.2 Å². The van der Waals surface area contributed by atoms with E-state index in [0.29, 0.717) is 71.4 Å². The van der Waals surface area contributed by atoms with E-state index in [1.54, 1.807) is 0 Å². The zero-order valence-electron chi connectivity index (χ0n) is 27.0. The summed E-state index contributed by atoms with van der Waals surface area (Å²) >= 11 is 0. The van der Waals surface area contributed by atoms with Gasteiger partial charge in [-0.3, -0.25) is 14.4 Å². The lowest BCUT2D eigenvalue weighted by atomic mass is 10.1. The van der Waals surface area contributed by atoms with Crippen molar-refractivity contribution in [2.75, 3.05) is 19.8 Å². The molecule has 9 nitrogen and oxygen atoms in total. The van der Waals surface area contributed by atoms with Crippen molar-refractivity contribution in [3.63, 3.8) is 0 Å². The summed E-state index contributed by atoms with van der Waals surface area (Å²) in [4.78, 5) is 42.0. The second-order valence-electron chi connectivity index (χ2n) is 16.3. The van der Waals surface area contributed by atoms with Gasteiger partial charge in [0, 0.05) is 30.1 Å². The Morgan fingerprint density at radius 1 is 0.744 bits per heavy atom. The molecule has 10 fully saturated rings. The molecule has 5 aliphatic carbocycles. The van der Waals surface area contributed by atoms with Gasteiger partial charge in [-0.05, 0) is 90.9 Å². The quantitative estimate of drug-likeness (QED) is 0.448. The van der Waals surface area contributed by atoms with Crippen LogP contribution in [-0.4, -0.2) is 87.5 Å². The maximum absolute atomic E-state index is 12.1. The molecule has 236 valence electrons. The zero-order chi connectivity index (χ0) is 30.5. The lowest BCUT2D eigenvalue weighted by Gasteiger charge is -2.32. The van der Waals surface area contributed by atoms with Crippen molar-refractivity contribution in [2.24, 2.45) is 34.5 Å². The van der Waals surface area contributed by atoms with E-state index in [1.165, 1.54) is 44.1 Å². The molecule has 0 bridgehead atoms. The molecule has 3 amide bonds. The third kappa shape index (κ3) is 3.95. The summed E-state index contributed by atoms with van der Waals surface area (Å²) in [5.41, 5.74) is 1.29. The molecule has 0 aromatic carbocycles. The molecule has 0 N–H and O–H groups in total. The standard InChI is InChI=1S/C12H19NO2.2C11H15NO2/c1-4-11(14)13-10(7-9-5-6-9)8-15-12(13,2)3;2*1-10(2)12-6(5-14-10)7-8(9(12)13)11(7)3-4-11/h7,10H,4-6,8H2,1-3H3;2*6-8H,3-5H2,1-2H3/t10-;6-,7+,8?;6-,7-,8-/m011/s1. The molecule has 43 heavy (non-hydrogen) atoms. The number of allylic oxidation sites excluding steroid dienone is 1. The molecule has 5 saturated carbocycles. The lowest BCUT2D eigenvalue weighted by Crippen LogP contribution is -2.47. The zero-order valence-corrected chi connectivity index (χ0v) is 27.0. The van der Waals surface area contributed by atoms with Crippen molar-refractivity contribution in [3.8, 4) is 0 Å². The first-order valence-corrected chi connectivity index (χ1v) is 16.8. The highest BCUT2D eigenvalue weighted by Gasteiger charge is 2.84. The number of fused-ring (bicyclic) bond motifs is 10. The van der Waals surface area contributed by atoms with E-state index in [2.05, 4.69) is 6.08 Å². The molecule has 9 heteroatoms. The Morgan fingerprint density at radius 3 is 1.58 bits per heavy atom. The van der Waals surface area contributed by atoms with Gasteiger partial charge in [-0.1, -0.05) is 18.6 Å². The van der Waals surface area contributed by atoms with Crippen LogP contribution < -0.4 is 0 Å². The minimum Gasteiger partial charge on any atom is -0.354 e. The van der Waals surface area contributed by atoms with Crippen LogP contribution in [0.25, 0.3) is 0 Å². The highest BCUT2D eigenvalue weighted by molar-refractivity contribution is 5.89. The van der Waals surface area contributed by atoms with Crippen LogP contribution in [0, 0.1) is 34.5 Å². The number of rotatable bonds is 2. The van der Waals surface area contributed by atoms with Gasteiger partial charge in [0.15, 0.2) is 0 Å². The van der Waals surface area contributed by atoms with Crippen LogP contribution in [0.5, 0.6) is 0 Å². The fraction of sp³-hybridized carbons (Fsp3) is 0.853. The van der Waals surface area contributed by atoms with Crippen molar-refractivity contribution in [1.82, 2.24) is 14.7 Å². The van der Waals surface area contributed by atoms with Crippen LogP contribution in [0.1, 0.15) is 93.4 Å². The Bertz CT molecular complexity index is 1240. The average Bonchev–Trinajstić information content (AvgIpc) is 3.80. The molecule has 1 unspecified atom stereocenters. The van der Waals surface area contributed by atoms with Gasteiger partial charge in [-0.25, -0.2) is 0 Å². The van der Waals surface area contributed by atoms with Crippen molar-refractivity contribution in [3.05, 3.63) is 11.6 Å². The van der Waals surface area contributed by atoms with E-state index >= 15 is 0 Å². The molecule has 10 rings (SSSR count). The Hall–Kier alpha value is -1.97. The first-order chi connectivity index (χ1) is 20.2. The van der Waals surface area contributed by atoms with Gasteiger partial charge in [0.05, 0.1) is 37.9 Å². The Balaban J connectivity index is 0.0000000969. The van der Waals surface area contributed by atoms with Crippen LogP contribution in [0.4, 0.5) is 0 Å². The molecular weight excluding hydrogens is 546 g/mol. The molecular formula is C34H49N3O6. The Morgan fingerprint density at radius 2 is 1.19 bits per heavy atom. The molecule has 5 heterocycles. The van der Waals surface area contributed by atoms with E-state index in [9.17, 15) is 14.4 Å². The SMILES string of the molecule is CC1(C)OC[C@@H]2[C@@H]3[C@H](C(=O)N21)C31CC1.CC1(C)OC[C@@H]2[C@H]3C(C(=O)N21)C31CC1.CCC(=O)N1[C@@H](C=C2CC2)COC1(C)C. The third-order valence-corrected chi connectivity index (χ3v) is 12.7. The van der Waals surface area contributed by atoms with Gasteiger partial charge in [0.2, 0.25) is 17.7 Å². The molecule has 2 spiro atoms. The highest BCUT2D eigenvalue weighted by Crippen LogP contribution is 2.81. The molecule has 0 aromatic rings. The summed E-state index contributed by atoms with van der Waals surface area (Å²) in [6.45, 7) is 16.0. The smallest absolute Gasteiger partial charge is 0.229 e. The molecule has 10 aliphatic rings. The lowest BCUT2D eigenvalue weighted by molar-refractivity contribution is -0.146. The predicted octanol–water partition coefficient (Wildman–Crippen LogP) is 4.06. The van der Waals surface area contributed by atoms with Gasteiger partial charge < -0.3 is 28.9 Å². The van der Waals surface area contributed by atoms with Crippen LogP contribution in [0.15, 0.2) is 11.6 Å². The van der Waals surface area contributed by atoms with Crippen LogP contribution in [-0.2, 0) is 28.6 Å². The molecule has 0 aromatic heterocycles. The fourth-order valence-electron chi connectivity index (χ4n) is 10.1. The van der Waals surface area contributed by atoms with Gasteiger partial charge >= 0.3 is 0 Å². The fourth-order valence-corrected chi connectivity index (χ4v) is 10.1. The first kappa shape index (κ1) is 28.5. The summed E-state index contributed by atoms with van der Waals surface area (Å²) in [5, 5.41) is 0. The number of hydrogen-bond acceptors (Lipinski definition) is 6. The number of carbonyl (C=O) groups excluding carboxylic acids is 3. The van der Waals surface area contributed by atoms with Crippen LogP contribution >= 0.6 is 0 Å². The van der Waals surface area contributed by atoms with Gasteiger partial charge in [0.1, 0.15) is 17.2 Å². The second-order valence-corrected chi connectivity index (χ2v) is 16.3.